The number of methoxy groups -OCH3 is 1. The lowest BCUT2D eigenvalue weighted by atomic mass is 10.3. The van der Waals surface area contributed by atoms with Crippen LogP contribution in [-0.4, -0.2) is 66.4 Å². The Morgan fingerprint density at radius 3 is 2.58 bits per heavy atom. The summed E-state index contributed by atoms with van der Waals surface area (Å²) in [6.45, 7) is 5.60. The first-order valence-electron chi connectivity index (χ1n) is 8.68. The molecule has 2 heterocycles. The van der Waals surface area contributed by atoms with Gasteiger partial charge in [0, 0.05) is 51.7 Å². The summed E-state index contributed by atoms with van der Waals surface area (Å²) in [7, 11) is 1.65. The molecular formula is C18H24N6OS. The molecule has 0 aliphatic carbocycles. The summed E-state index contributed by atoms with van der Waals surface area (Å²) in [5.74, 6) is 1.59. The summed E-state index contributed by atoms with van der Waals surface area (Å²) in [6.07, 6.45) is 3.57. The Hall–Kier alpha value is -2.45. The molecule has 8 heteroatoms. The van der Waals surface area contributed by atoms with E-state index in [1.165, 1.54) is 0 Å². The smallest absolute Gasteiger partial charge is 0.225 e. The lowest BCUT2D eigenvalue weighted by molar-refractivity contribution is 0.260. The molecule has 1 aromatic carbocycles. The quantitative estimate of drug-likeness (QED) is 0.742. The van der Waals surface area contributed by atoms with Gasteiger partial charge in [-0.1, -0.05) is 12.1 Å². The van der Waals surface area contributed by atoms with E-state index in [9.17, 15) is 0 Å². The van der Waals surface area contributed by atoms with E-state index in [0.29, 0.717) is 5.11 Å². The van der Waals surface area contributed by atoms with Gasteiger partial charge in [0.25, 0.3) is 0 Å². The Kier molecular flexibility index (Phi) is 6.56. The molecule has 0 amide bonds. The molecule has 0 radical (unpaired) electrons. The molecule has 0 atom stereocenters. The van der Waals surface area contributed by atoms with E-state index in [1.807, 2.05) is 30.3 Å². The van der Waals surface area contributed by atoms with Gasteiger partial charge in [-0.2, -0.15) is 0 Å². The minimum Gasteiger partial charge on any atom is -0.495 e. The van der Waals surface area contributed by atoms with E-state index < -0.39 is 0 Å². The highest BCUT2D eigenvalue weighted by Crippen LogP contribution is 2.22. The highest BCUT2D eigenvalue weighted by Gasteiger charge is 2.18. The van der Waals surface area contributed by atoms with Gasteiger partial charge in [0.15, 0.2) is 5.11 Å². The number of rotatable bonds is 6. The van der Waals surface area contributed by atoms with E-state index in [2.05, 4.69) is 30.4 Å². The predicted molar refractivity (Wildman–Crippen MR) is 108 cm³/mol. The first-order valence-corrected chi connectivity index (χ1v) is 9.09. The fraction of sp³-hybridized carbons (Fsp3) is 0.389. The number of hydrogen-bond donors (Lipinski definition) is 2. The number of hydrogen-bond acceptors (Lipinski definition) is 6. The van der Waals surface area contributed by atoms with Gasteiger partial charge in [-0.25, -0.2) is 9.97 Å². The monoisotopic (exact) mass is 372 g/mol. The minimum absolute atomic E-state index is 0.603. The second-order valence-electron chi connectivity index (χ2n) is 5.96. The Morgan fingerprint density at radius 1 is 1.12 bits per heavy atom. The van der Waals surface area contributed by atoms with E-state index in [0.717, 1.165) is 56.7 Å². The first-order chi connectivity index (χ1) is 12.8. The number of aromatic nitrogens is 2. The number of thiocarbonyl (C=S) groups is 1. The Bertz CT molecular complexity index is 706. The van der Waals surface area contributed by atoms with Crippen molar-refractivity contribution in [3.63, 3.8) is 0 Å². The number of anilines is 2. The molecule has 0 bridgehead atoms. The van der Waals surface area contributed by atoms with E-state index in [1.54, 1.807) is 19.5 Å². The maximum absolute atomic E-state index is 5.37. The summed E-state index contributed by atoms with van der Waals surface area (Å²) in [5, 5.41) is 7.04. The maximum Gasteiger partial charge on any atom is 0.225 e. The highest BCUT2D eigenvalue weighted by atomic mass is 32.1. The normalized spacial score (nSPS) is 14.7. The van der Waals surface area contributed by atoms with Crippen LogP contribution in [0.15, 0.2) is 42.7 Å². The standard InChI is InChI=1S/C18H24N6OS/c1-25-16-6-3-2-5-15(16)22-18(26)21-9-10-23-11-13-24(14-12-23)17-19-7-4-8-20-17/h2-8H,9-14H2,1H3,(H2,21,22,26). The Labute approximate surface area is 159 Å². The average Bonchev–Trinajstić information content (AvgIpc) is 2.69. The third kappa shape index (κ3) is 5.03. The largest absolute Gasteiger partial charge is 0.495 e. The molecule has 2 N–H and O–H groups in total. The molecule has 1 aliphatic rings. The van der Waals surface area contributed by atoms with Gasteiger partial charge in [0.2, 0.25) is 5.95 Å². The van der Waals surface area contributed by atoms with Crippen LogP contribution < -0.4 is 20.3 Å². The number of benzene rings is 1. The van der Waals surface area contributed by atoms with Crippen LogP contribution in [0, 0.1) is 0 Å². The molecule has 1 aliphatic heterocycles. The van der Waals surface area contributed by atoms with Crippen LogP contribution in [0.4, 0.5) is 11.6 Å². The molecule has 0 spiro atoms. The van der Waals surface area contributed by atoms with Gasteiger partial charge in [0.05, 0.1) is 12.8 Å². The highest BCUT2D eigenvalue weighted by molar-refractivity contribution is 7.80. The number of nitrogens with one attached hydrogen (secondary N) is 2. The van der Waals surface area contributed by atoms with Crippen LogP contribution in [0.1, 0.15) is 0 Å². The van der Waals surface area contributed by atoms with E-state index in [4.69, 9.17) is 17.0 Å². The van der Waals surface area contributed by atoms with Crippen molar-refractivity contribution in [3.8, 4) is 5.75 Å². The van der Waals surface area contributed by atoms with Crippen LogP contribution in [0.5, 0.6) is 5.75 Å². The second kappa shape index (κ2) is 9.30. The molecule has 0 saturated carbocycles. The van der Waals surface area contributed by atoms with Crippen LogP contribution in [0.3, 0.4) is 0 Å². The molecule has 1 fully saturated rings. The number of piperazine rings is 1. The summed E-state index contributed by atoms with van der Waals surface area (Å²) < 4.78 is 5.32. The summed E-state index contributed by atoms with van der Waals surface area (Å²) in [4.78, 5) is 13.3. The van der Waals surface area contributed by atoms with Gasteiger partial charge >= 0.3 is 0 Å². The van der Waals surface area contributed by atoms with Gasteiger partial charge < -0.3 is 20.3 Å². The van der Waals surface area contributed by atoms with Gasteiger partial charge in [-0.05, 0) is 30.4 Å². The summed E-state index contributed by atoms with van der Waals surface area (Å²) in [6, 6.07) is 9.57. The summed E-state index contributed by atoms with van der Waals surface area (Å²) in [5.41, 5.74) is 0.865. The SMILES string of the molecule is COc1ccccc1NC(=S)NCCN1CCN(c2ncccn2)CC1. The van der Waals surface area contributed by atoms with Crippen molar-refractivity contribution in [1.29, 1.82) is 0 Å². The summed E-state index contributed by atoms with van der Waals surface area (Å²) >= 11 is 5.37. The van der Waals surface area contributed by atoms with Gasteiger partial charge in [-0.3, -0.25) is 4.90 Å². The van der Waals surface area contributed by atoms with E-state index in [-0.39, 0.29) is 0 Å². The Morgan fingerprint density at radius 2 is 1.85 bits per heavy atom. The van der Waals surface area contributed by atoms with Crippen molar-refractivity contribution in [1.82, 2.24) is 20.2 Å². The van der Waals surface area contributed by atoms with Gasteiger partial charge in [-0.15, -0.1) is 0 Å². The molecule has 7 nitrogen and oxygen atoms in total. The number of para-hydroxylation sites is 2. The predicted octanol–water partition coefficient (Wildman–Crippen LogP) is 1.59. The fourth-order valence-electron chi connectivity index (χ4n) is 2.87. The third-order valence-electron chi connectivity index (χ3n) is 4.28. The number of ether oxygens (including phenoxy) is 1. The number of nitrogens with zero attached hydrogens (tertiary/aromatic N) is 4. The molecule has 26 heavy (non-hydrogen) atoms. The van der Waals surface area contributed by atoms with Crippen LogP contribution in [0.2, 0.25) is 0 Å². The molecule has 0 unspecified atom stereocenters. The fourth-order valence-corrected chi connectivity index (χ4v) is 3.08. The molecule has 2 aromatic rings. The Balaban J connectivity index is 1.37. The molecule has 1 saturated heterocycles. The van der Waals surface area contributed by atoms with Crippen molar-refractivity contribution < 1.29 is 4.74 Å². The zero-order valence-corrected chi connectivity index (χ0v) is 15.7. The van der Waals surface area contributed by atoms with Crippen molar-refractivity contribution >= 4 is 29.0 Å². The van der Waals surface area contributed by atoms with Crippen molar-refractivity contribution in [2.45, 2.75) is 0 Å². The van der Waals surface area contributed by atoms with Crippen molar-refractivity contribution in [2.75, 3.05) is 56.6 Å². The van der Waals surface area contributed by atoms with Crippen molar-refractivity contribution in [2.24, 2.45) is 0 Å². The lowest BCUT2D eigenvalue weighted by Gasteiger charge is -2.34. The average molecular weight is 372 g/mol. The molecule has 138 valence electrons. The lowest BCUT2D eigenvalue weighted by Crippen LogP contribution is -2.49. The maximum atomic E-state index is 5.37. The van der Waals surface area contributed by atoms with Crippen molar-refractivity contribution in [3.05, 3.63) is 42.7 Å². The van der Waals surface area contributed by atoms with Crippen LogP contribution >= 0.6 is 12.2 Å². The van der Waals surface area contributed by atoms with Gasteiger partial charge in [0.1, 0.15) is 5.75 Å². The van der Waals surface area contributed by atoms with Crippen LogP contribution in [0.25, 0.3) is 0 Å². The zero-order valence-electron chi connectivity index (χ0n) is 14.9. The van der Waals surface area contributed by atoms with E-state index >= 15 is 0 Å². The minimum atomic E-state index is 0.603. The zero-order chi connectivity index (χ0) is 18.2. The van der Waals surface area contributed by atoms with Crippen LogP contribution in [-0.2, 0) is 0 Å². The molecule has 3 rings (SSSR count). The molecule has 1 aromatic heterocycles. The second-order valence-corrected chi connectivity index (χ2v) is 6.37. The molecular weight excluding hydrogens is 348 g/mol. The topological polar surface area (TPSA) is 65.6 Å². The third-order valence-corrected chi connectivity index (χ3v) is 4.52. The first kappa shape index (κ1) is 18.3.